The summed E-state index contributed by atoms with van der Waals surface area (Å²) in [5.41, 5.74) is 12.6. The zero-order chi connectivity index (χ0) is 13.1. The smallest absolute Gasteiger partial charge is 0.149 e. The number of anilines is 4. The molecule has 0 amide bonds. The average molecular weight is 309 g/mol. The third kappa shape index (κ3) is 2.65. The van der Waals surface area contributed by atoms with Crippen molar-refractivity contribution in [3.05, 3.63) is 34.8 Å². The van der Waals surface area contributed by atoms with Crippen molar-refractivity contribution >= 4 is 38.9 Å². The fourth-order valence-electron chi connectivity index (χ4n) is 1.44. The van der Waals surface area contributed by atoms with Crippen LogP contribution in [-0.4, -0.2) is 12.1 Å². The SMILES string of the molecule is COc1cc(Nc2ccc(N)c(N)n2)ccc1Br. The number of hydrogen-bond donors (Lipinski definition) is 3. The highest BCUT2D eigenvalue weighted by Gasteiger charge is 2.03. The molecule has 0 aliphatic carbocycles. The summed E-state index contributed by atoms with van der Waals surface area (Å²) >= 11 is 3.39. The van der Waals surface area contributed by atoms with E-state index >= 15 is 0 Å². The second kappa shape index (κ2) is 5.14. The first-order chi connectivity index (χ1) is 8.60. The Balaban J connectivity index is 2.25. The van der Waals surface area contributed by atoms with Crippen molar-refractivity contribution in [1.29, 1.82) is 0 Å². The van der Waals surface area contributed by atoms with E-state index in [1.165, 1.54) is 0 Å². The second-order valence-electron chi connectivity index (χ2n) is 3.65. The van der Waals surface area contributed by atoms with Crippen molar-refractivity contribution in [2.24, 2.45) is 0 Å². The minimum Gasteiger partial charge on any atom is -0.495 e. The molecule has 5 N–H and O–H groups in total. The molecule has 2 rings (SSSR count). The summed E-state index contributed by atoms with van der Waals surface area (Å²) in [5, 5.41) is 3.13. The highest BCUT2D eigenvalue weighted by atomic mass is 79.9. The lowest BCUT2D eigenvalue weighted by molar-refractivity contribution is 0.412. The summed E-state index contributed by atoms with van der Waals surface area (Å²) in [7, 11) is 1.61. The average Bonchev–Trinajstić information content (AvgIpc) is 2.36. The summed E-state index contributed by atoms with van der Waals surface area (Å²) in [6.07, 6.45) is 0. The molecule has 5 nitrogen and oxygen atoms in total. The van der Waals surface area contributed by atoms with E-state index < -0.39 is 0 Å². The fourth-order valence-corrected chi connectivity index (χ4v) is 1.85. The largest absolute Gasteiger partial charge is 0.495 e. The number of nitrogen functional groups attached to an aromatic ring is 2. The van der Waals surface area contributed by atoms with E-state index in [1.807, 2.05) is 18.2 Å². The van der Waals surface area contributed by atoms with Gasteiger partial charge < -0.3 is 21.5 Å². The number of nitrogens with two attached hydrogens (primary N) is 2. The number of aromatic nitrogens is 1. The molecule has 0 atom stereocenters. The van der Waals surface area contributed by atoms with E-state index in [2.05, 4.69) is 26.2 Å². The third-order valence-corrected chi connectivity index (χ3v) is 3.04. The number of pyridine rings is 1. The highest BCUT2D eigenvalue weighted by molar-refractivity contribution is 9.10. The Hall–Kier alpha value is -1.95. The predicted octanol–water partition coefficient (Wildman–Crippen LogP) is 2.76. The van der Waals surface area contributed by atoms with Crippen LogP contribution < -0.4 is 21.5 Å². The quantitative estimate of drug-likeness (QED) is 0.811. The number of rotatable bonds is 3. The van der Waals surface area contributed by atoms with Gasteiger partial charge in [-0.2, -0.15) is 0 Å². The molecule has 2 aromatic rings. The number of hydrogen-bond acceptors (Lipinski definition) is 5. The van der Waals surface area contributed by atoms with E-state index in [-0.39, 0.29) is 0 Å². The van der Waals surface area contributed by atoms with Crippen molar-refractivity contribution in [3.63, 3.8) is 0 Å². The van der Waals surface area contributed by atoms with Crippen LogP contribution in [0.4, 0.5) is 23.0 Å². The van der Waals surface area contributed by atoms with Crippen LogP contribution in [0.1, 0.15) is 0 Å². The summed E-state index contributed by atoms with van der Waals surface area (Å²) in [5.74, 6) is 1.68. The van der Waals surface area contributed by atoms with Gasteiger partial charge in [-0.15, -0.1) is 0 Å². The van der Waals surface area contributed by atoms with Crippen molar-refractivity contribution in [2.75, 3.05) is 23.9 Å². The van der Waals surface area contributed by atoms with Gasteiger partial charge in [0.2, 0.25) is 0 Å². The molecule has 0 fully saturated rings. The maximum absolute atomic E-state index is 5.65. The van der Waals surface area contributed by atoms with Gasteiger partial charge in [0.15, 0.2) is 0 Å². The maximum atomic E-state index is 5.65. The zero-order valence-electron chi connectivity index (χ0n) is 9.77. The normalized spacial score (nSPS) is 10.1. The topological polar surface area (TPSA) is 86.2 Å². The molecule has 1 aromatic carbocycles. The maximum Gasteiger partial charge on any atom is 0.149 e. The Labute approximate surface area is 113 Å². The van der Waals surface area contributed by atoms with Gasteiger partial charge in [-0.1, -0.05) is 0 Å². The summed E-state index contributed by atoms with van der Waals surface area (Å²) in [6.45, 7) is 0. The van der Waals surface area contributed by atoms with E-state index in [1.54, 1.807) is 19.2 Å². The molecule has 0 saturated heterocycles. The third-order valence-electron chi connectivity index (χ3n) is 2.38. The number of ether oxygens (including phenoxy) is 1. The van der Waals surface area contributed by atoms with E-state index in [0.29, 0.717) is 17.3 Å². The van der Waals surface area contributed by atoms with Gasteiger partial charge in [0.05, 0.1) is 17.3 Å². The number of benzene rings is 1. The van der Waals surface area contributed by atoms with Gasteiger partial charge in [0.1, 0.15) is 17.4 Å². The number of halogens is 1. The van der Waals surface area contributed by atoms with Crippen LogP contribution >= 0.6 is 15.9 Å². The van der Waals surface area contributed by atoms with Crippen LogP contribution in [-0.2, 0) is 0 Å². The summed E-state index contributed by atoms with van der Waals surface area (Å²) in [6, 6.07) is 9.13. The Bertz CT molecular complexity index is 574. The zero-order valence-corrected chi connectivity index (χ0v) is 11.4. The second-order valence-corrected chi connectivity index (χ2v) is 4.50. The molecule has 0 aliphatic heterocycles. The Kier molecular flexibility index (Phi) is 3.57. The Morgan fingerprint density at radius 2 is 2.00 bits per heavy atom. The van der Waals surface area contributed by atoms with Crippen molar-refractivity contribution in [2.45, 2.75) is 0 Å². The van der Waals surface area contributed by atoms with Crippen LogP contribution in [0.25, 0.3) is 0 Å². The van der Waals surface area contributed by atoms with Gasteiger partial charge in [-0.25, -0.2) is 4.98 Å². The van der Waals surface area contributed by atoms with Gasteiger partial charge >= 0.3 is 0 Å². The first-order valence-corrected chi connectivity index (χ1v) is 6.02. The molecule has 0 spiro atoms. The predicted molar refractivity (Wildman–Crippen MR) is 77.0 cm³/mol. The first kappa shape index (κ1) is 12.5. The standard InChI is InChI=1S/C12H13BrN4O/c1-18-10-6-7(2-3-8(10)13)16-11-5-4-9(14)12(15)17-11/h2-6H,14H2,1H3,(H3,15,16,17). The van der Waals surface area contributed by atoms with Gasteiger partial charge in [-0.3, -0.25) is 0 Å². The molecule has 0 aliphatic rings. The van der Waals surface area contributed by atoms with Crippen LogP contribution in [0.2, 0.25) is 0 Å². The number of nitrogens with zero attached hydrogens (tertiary/aromatic N) is 1. The monoisotopic (exact) mass is 308 g/mol. The molecule has 18 heavy (non-hydrogen) atoms. The highest BCUT2D eigenvalue weighted by Crippen LogP contribution is 2.29. The summed E-state index contributed by atoms with van der Waals surface area (Å²) in [4.78, 5) is 4.14. The fraction of sp³-hybridized carbons (Fsp3) is 0.0833. The van der Waals surface area contributed by atoms with Crippen molar-refractivity contribution in [3.8, 4) is 5.75 Å². The molecule has 0 saturated carbocycles. The minimum atomic E-state index is 0.309. The lowest BCUT2D eigenvalue weighted by Gasteiger charge is -2.09. The lowest BCUT2D eigenvalue weighted by Crippen LogP contribution is -2.01. The minimum absolute atomic E-state index is 0.309. The van der Waals surface area contributed by atoms with E-state index in [0.717, 1.165) is 15.9 Å². The molecule has 6 heteroatoms. The molecule has 94 valence electrons. The molecule has 1 aromatic heterocycles. The van der Waals surface area contributed by atoms with Gasteiger partial charge in [-0.05, 0) is 40.2 Å². The Morgan fingerprint density at radius 3 is 2.67 bits per heavy atom. The van der Waals surface area contributed by atoms with Crippen molar-refractivity contribution < 1.29 is 4.74 Å². The molecule has 0 unspecified atom stereocenters. The first-order valence-electron chi connectivity index (χ1n) is 5.22. The van der Waals surface area contributed by atoms with Gasteiger partial charge in [0.25, 0.3) is 0 Å². The molecular formula is C12H13BrN4O. The number of methoxy groups -OCH3 is 1. The van der Waals surface area contributed by atoms with Crippen LogP contribution in [0.15, 0.2) is 34.8 Å². The number of nitrogens with one attached hydrogen (secondary N) is 1. The van der Waals surface area contributed by atoms with Gasteiger partial charge in [0, 0.05) is 11.8 Å². The van der Waals surface area contributed by atoms with Crippen LogP contribution in [0.5, 0.6) is 5.75 Å². The van der Waals surface area contributed by atoms with Crippen LogP contribution in [0.3, 0.4) is 0 Å². The lowest BCUT2D eigenvalue weighted by atomic mass is 10.3. The molecule has 0 bridgehead atoms. The molecule has 1 heterocycles. The molecular weight excluding hydrogens is 296 g/mol. The van der Waals surface area contributed by atoms with E-state index in [4.69, 9.17) is 16.2 Å². The Morgan fingerprint density at radius 1 is 1.22 bits per heavy atom. The van der Waals surface area contributed by atoms with E-state index in [9.17, 15) is 0 Å². The van der Waals surface area contributed by atoms with Crippen molar-refractivity contribution in [1.82, 2.24) is 4.98 Å². The van der Waals surface area contributed by atoms with Crippen LogP contribution in [0, 0.1) is 0 Å². The molecule has 0 radical (unpaired) electrons. The summed E-state index contributed by atoms with van der Waals surface area (Å²) < 4.78 is 6.10.